The molecule has 0 radical (unpaired) electrons. The number of hydrogen-bond acceptors (Lipinski definition) is 3. The van der Waals surface area contributed by atoms with Crippen molar-refractivity contribution in [2.45, 2.75) is 10.9 Å². The van der Waals surface area contributed by atoms with Gasteiger partial charge in [-0.15, -0.1) is 0 Å². The van der Waals surface area contributed by atoms with Gasteiger partial charge in [0.25, 0.3) is 0 Å². The van der Waals surface area contributed by atoms with Gasteiger partial charge in [0, 0.05) is 30.7 Å². The molecule has 6 nitrogen and oxygen atoms in total. The Morgan fingerprint density at radius 3 is 2.60 bits per heavy atom. The lowest BCUT2D eigenvalue weighted by Gasteiger charge is -2.35. The lowest BCUT2D eigenvalue weighted by atomic mass is 10.2. The van der Waals surface area contributed by atoms with Crippen LogP contribution < -0.4 is 5.32 Å². The number of benzene rings is 1. The molecule has 2 amide bonds. The first-order chi connectivity index (χ1) is 9.48. The Morgan fingerprint density at radius 2 is 1.90 bits per heavy atom. The van der Waals surface area contributed by atoms with Crippen molar-refractivity contribution in [3.8, 4) is 0 Å². The summed E-state index contributed by atoms with van der Waals surface area (Å²) in [6, 6.07) is 6.43. The molecule has 20 heavy (non-hydrogen) atoms. The first kappa shape index (κ1) is 13.8. The number of sulfonamides is 1. The molecule has 2 aliphatic rings. The highest BCUT2D eigenvalue weighted by atomic mass is 79.9. The molecule has 0 bridgehead atoms. The van der Waals surface area contributed by atoms with Gasteiger partial charge in [0.2, 0.25) is 10.0 Å². The van der Waals surface area contributed by atoms with Gasteiger partial charge in [-0.25, -0.2) is 13.2 Å². The van der Waals surface area contributed by atoms with Gasteiger partial charge in [0.05, 0.1) is 10.9 Å². The normalized spacial score (nSPS) is 23.6. The summed E-state index contributed by atoms with van der Waals surface area (Å²) < 4.78 is 27.4. The first-order valence-electron chi connectivity index (χ1n) is 6.29. The van der Waals surface area contributed by atoms with Crippen molar-refractivity contribution in [3.05, 3.63) is 28.7 Å². The third-order valence-electron chi connectivity index (χ3n) is 3.65. The lowest BCUT2D eigenvalue weighted by Crippen LogP contribution is -2.53. The van der Waals surface area contributed by atoms with Crippen LogP contribution in [-0.2, 0) is 10.0 Å². The number of halogens is 1. The van der Waals surface area contributed by atoms with Crippen molar-refractivity contribution in [1.82, 2.24) is 14.5 Å². The number of urea groups is 1. The van der Waals surface area contributed by atoms with Crippen LogP contribution in [-0.4, -0.2) is 55.9 Å². The molecule has 1 N–H and O–H groups in total. The van der Waals surface area contributed by atoms with E-state index in [9.17, 15) is 13.2 Å². The molecular weight excluding hydrogens is 346 g/mol. The summed E-state index contributed by atoms with van der Waals surface area (Å²) in [5.41, 5.74) is 0. The molecule has 0 aromatic heterocycles. The van der Waals surface area contributed by atoms with Gasteiger partial charge < -0.3 is 10.2 Å². The molecule has 1 aromatic carbocycles. The maximum absolute atomic E-state index is 12.6. The summed E-state index contributed by atoms with van der Waals surface area (Å²) in [5, 5.41) is 2.74. The zero-order valence-electron chi connectivity index (χ0n) is 10.6. The van der Waals surface area contributed by atoms with E-state index in [0.717, 1.165) is 4.47 Å². The number of hydrogen-bond donors (Lipinski definition) is 1. The summed E-state index contributed by atoms with van der Waals surface area (Å²) in [7, 11) is -3.49. The Balaban J connectivity index is 1.82. The van der Waals surface area contributed by atoms with E-state index in [4.69, 9.17) is 0 Å². The predicted molar refractivity (Wildman–Crippen MR) is 76.8 cm³/mol. The van der Waals surface area contributed by atoms with E-state index >= 15 is 0 Å². The fraction of sp³-hybridized carbons (Fsp3) is 0.417. The van der Waals surface area contributed by atoms with E-state index in [1.165, 1.54) is 4.31 Å². The number of nitrogens with one attached hydrogen (secondary N) is 1. The lowest BCUT2D eigenvalue weighted by molar-refractivity contribution is 0.164. The second-order valence-corrected chi connectivity index (χ2v) is 7.70. The smallest absolute Gasteiger partial charge is 0.317 e. The SMILES string of the molecule is O=C1NCC2CN(S(=O)(=O)c3ccc(Br)cc3)CCN12. The average molecular weight is 360 g/mol. The molecule has 2 saturated heterocycles. The minimum absolute atomic E-state index is 0.0681. The van der Waals surface area contributed by atoms with Crippen molar-refractivity contribution < 1.29 is 13.2 Å². The minimum Gasteiger partial charge on any atom is -0.336 e. The van der Waals surface area contributed by atoms with Crippen molar-refractivity contribution >= 4 is 32.0 Å². The second-order valence-electron chi connectivity index (χ2n) is 4.85. The maximum Gasteiger partial charge on any atom is 0.317 e. The van der Waals surface area contributed by atoms with Crippen LogP contribution in [0.25, 0.3) is 0 Å². The summed E-state index contributed by atoms with van der Waals surface area (Å²) in [6.07, 6.45) is 0. The van der Waals surface area contributed by atoms with Crippen LogP contribution in [0.3, 0.4) is 0 Å². The molecule has 1 atom stereocenters. The van der Waals surface area contributed by atoms with Crippen LogP contribution in [0.1, 0.15) is 0 Å². The number of rotatable bonds is 2. The number of fused-ring (bicyclic) bond motifs is 1. The van der Waals surface area contributed by atoms with Crippen LogP contribution in [0.5, 0.6) is 0 Å². The van der Waals surface area contributed by atoms with Crippen LogP contribution in [0.15, 0.2) is 33.6 Å². The Hall–Kier alpha value is -1.12. The molecule has 0 saturated carbocycles. The van der Waals surface area contributed by atoms with Crippen LogP contribution >= 0.6 is 15.9 Å². The highest BCUT2D eigenvalue weighted by Crippen LogP contribution is 2.23. The number of carbonyl (C=O) groups excluding carboxylic acids is 1. The summed E-state index contributed by atoms with van der Waals surface area (Å²) in [4.78, 5) is 13.5. The van der Waals surface area contributed by atoms with Gasteiger partial charge in [-0.3, -0.25) is 0 Å². The fourth-order valence-electron chi connectivity index (χ4n) is 2.55. The van der Waals surface area contributed by atoms with E-state index in [0.29, 0.717) is 26.2 Å². The molecule has 3 rings (SSSR count). The molecule has 8 heteroatoms. The van der Waals surface area contributed by atoms with Crippen molar-refractivity contribution in [2.24, 2.45) is 0 Å². The molecular formula is C12H14BrN3O3S. The van der Waals surface area contributed by atoms with E-state index < -0.39 is 10.0 Å². The zero-order valence-corrected chi connectivity index (χ0v) is 13.0. The van der Waals surface area contributed by atoms with E-state index in [2.05, 4.69) is 21.2 Å². The van der Waals surface area contributed by atoms with Crippen molar-refractivity contribution in [3.63, 3.8) is 0 Å². The summed E-state index contributed by atoms with van der Waals surface area (Å²) in [5.74, 6) is 0. The predicted octanol–water partition coefficient (Wildman–Crippen LogP) is 0.847. The van der Waals surface area contributed by atoms with Crippen LogP contribution in [0.4, 0.5) is 4.79 Å². The summed E-state index contributed by atoms with van der Waals surface area (Å²) >= 11 is 3.29. The van der Waals surface area contributed by atoms with Gasteiger partial charge in [-0.05, 0) is 24.3 Å². The van der Waals surface area contributed by atoms with Gasteiger partial charge in [0.1, 0.15) is 0 Å². The maximum atomic E-state index is 12.6. The van der Waals surface area contributed by atoms with Gasteiger partial charge >= 0.3 is 6.03 Å². The minimum atomic E-state index is -3.49. The topological polar surface area (TPSA) is 69.7 Å². The largest absolute Gasteiger partial charge is 0.336 e. The molecule has 0 spiro atoms. The third-order valence-corrected chi connectivity index (χ3v) is 6.05. The molecule has 1 unspecified atom stereocenters. The standard InChI is InChI=1S/C12H14BrN3O3S/c13-9-1-3-11(4-2-9)20(18,19)15-5-6-16-10(8-15)7-14-12(16)17/h1-4,10H,5-8H2,(H,14,17). The highest BCUT2D eigenvalue weighted by Gasteiger charge is 2.39. The Labute approximate surface area is 125 Å². The Morgan fingerprint density at radius 1 is 1.20 bits per heavy atom. The van der Waals surface area contributed by atoms with Crippen molar-refractivity contribution in [2.75, 3.05) is 26.2 Å². The van der Waals surface area contributed by atoms with Crippen LogP contribution in [0, 0.1) is 0 Å². The molecule has 2 aliphatic heterocycles. The zero-order chi connectivity index (χ0) is 14.3. The number of carbonyl (C=O) groups is 1. The fourth-order valence-corrected chi connectivity index (χ4v) is 4.28. The number of amides is 2. The van der Waals surface area contributed by atoms with E-state index in [1.54, 1.807) is 29.2 Å². The molecule has 1 aromatic rings. The molecule has 0 aliphatic carbocycles. The van der Waals surface area contributed by atoms with Gasteiger partial charge in [0.15, 0.2) is 0 Å². The molecule has 2 fully saturated rings. The van der Waals surface area contributed by atoms with E-state index in [1.807, 2.05) is 0 Å². The summed E-state index contributed by atoms with van der Waals surface area (Å²) in [6.45, 7) is 1.62. The second kappa shape index (κ2) is 5.01. The highest BCUT2D eigenvalue weighted by molar-refractivity contribution is 9.10. The Kier molecular flexibility index (Phi) is 3.47. The molecule has 108 valence electrons. The average Bonchev–Trinajstić information content (AvgIpc) is 2.80. The molecule has 2 heterocycles. The van der Waals surface area contributed by atoms with Crippen LogP contribution in [0.2, 0.25) is 0 Å². The van der Waals surface area contributed by atoms with Gasteiger partial charge in [-0.2, -0.15) is 4.31 Å². The van der Waals surface area contributed by atoms with Gasteiger partial charge in [-0.1, -0.05) is 15.9 Å². The first-order valence-corrected chi connectivity index (χ1v) is 8.52. The third kappa shape index (κ3) is 2.32. The van der Waals surface area contributed by atoms with Crippen molar-refractivity contribution in [1.29, 1.82) is 0 Å². The number of piperazine rings is 1. The quantitative estimate of drug-likeness (QED) is 0.850. The number of nitrogens with zero attached hydrogens (tertiary/aromatic N) is 2. The Bertz CT molecular complexity index is 632. The monoisotopic (exact) mass is 359 g/mol. The van der Waals surface area contributed by atoms with E-state index in [-0.39, 0.29) is 17.0 Å².